The monoisotopic (exact) mass is 330 g/mol. The summed E-state index contributed by atoms with van der Waals surface area (Å²) in [5, 5.41) is 0.652. The Hall–Kier alpha value is -1.72. The SMILES string of the molecule is O=c1c2ccccc2nc2sc3ccc(Br)cc3n12. The molecule has 2 aromatic carbocycles. The summed E-state index contributed by atoms with van der Waals surface area (Å²) in [6, 6.07) is 13.4. The molecule has 0 aliphatic heterocycles. The van der Waals surface area contributed by atoms with Gasteiger partial charge >= 0.3 is 0 Å². The molecule has 0 aliphatic carbocycles. The number of thiazole rings is 1. The van der Waals surface area contributed by atoms with Crippen LogP contribution in [-0.4, -0.2) is 9.38 Å². The highest BCUT2D eigenvalue weighted by Crippen LogP contribution is 2.27. The smallest absolute Gasteiger partial charge is 0.266 e. The minimum atomic E-state index is -0.00931. The summed E-state index contributed by atoms with van der Waals surface area (Å²) in [5.41, 5.74) is 1.64. The van der Waals surface area contributed by atoms with E-state index in [1.54, 1.807) is 4.40 Å². The molecular formula is C14H7BrN2OS. The third-order valence-corrected chi connectivity index (χ3v) is 4.62. The molecule has 0 saturated heterocycles. The van der Waals surface area contributed by atoms with Gasteiger partial charge in [-0.1, -0.05) is 39.4 Å². The van der Waals surface area contributed by atoms with Crippen molar-refractivity contribution in [3.63, 3.8) is 0 Å². The molecular weight excluding hydrogens is 324 g/mol. The van der Waals surface area contributed by atoms with Gasteiger partial charge in [0.2, 0.25) is 0 Å². The van der Waals surface area contributed by atoms with E-state index in [0.29, 0.717) is 5.39 Å². The number of hydrogen-bond acceptors (Lipinski definition) is 3. The van der Waals surface area contributed by atoms with Gasteiger partial charge in [0.15, 0.2) is 4.96 Å². The molecule has 0 radical (unpaired) electrons. The minimum absolute atomic E-state index is 0.00931. The predicted octanol–water partition coefficient (Wildman–Crippen LogP) is 3.82. The van der Waals surface area contributed by atoms with Gasteiger partial charge in [-0.3, -0.25) is 9.20 Å². The van der Waals surface area contributed by atoms with Crippen LogP contribution in [0.3, 0.4) is 0 Å². The normalized spacial score (nSPS) is 11.6. The first-order valence-electron chi connectivity index (χ1n) is 5.73. The molecule has 5 heteroatoms. The van der Waals surface area contributed by atoms with Crippen LogP contribution in [-0.2, 0) is 0 Å². The minimum Gasteiger partial charge on any atom is -0.268 e. The van der Waals surface area contributed by atoms with Crippen molar-refractivity contribution < 1.29 is 0 Å². The molecule has 0 atom stereocenters. The quantitative estimate of drug-likeness (QED) is 0.491. The van der Waals surface area contributed by atoms with E-state index in [0.717, 1.165) is 25.2 Å². The van der Waals surface area contributed by atoms with Crippen molar-refractivity contribution in [2.24, 2.45) is 0 Å². The van der Waals surface area contributed by atoms with Crippen molar-refractivity contribution in [1.82, 2.24) is 9.38 Å². The Morgan fingerprint density at radius 3 is 2.89 bits per heavy atom. The molecule has 92 valence electrons. The summed E-state index contributed by atoms with van der Waals surface area (Å²) in [4.78, 5) is 17.9. The number of para-hydroxylation sites is 1. The second kappa shape index (κ2) is 3.88. The van der Waals surface area contributed by atoms with Crippen molar-refractivity contribution in [3.05, 3.63) is 57.3 Å². The number of fused-ring (bicyclic) bond motifs is 4. The summed E-state index contributed by atoms with van der Waals surface area (Å²) in [6.07, 6.45) is 0. The lowest BCUT2D eigenvalue weighted by Crippen LogP contribution is -2.13. The number of halogens is 1. The average Bonchev–Trinajstić information content (AvgIpc) is 2.76. The van der Waals surface area contributed by atoms with Gasteiger partial charge in [0.25, 0.3) is 5.56 Å². The molecule has 0 aliphatic rings. The zero-order chi connectivity index (χ0) is 13.0. The molecule has 2 aromatic heterocycles. The Labute approximate surface area is 120 Å². The molecule has 4 rings (SSSR count). The third kappa shape index (κ3) is 1.55. The second-order valence-corrected chi connectivity index (χ2v) is 6.19. The average molecular weight is 331 g/mol. The van der Waals surface area contributed by atoms with Crippen LogP contribution in [0.4, 0.5) is 0 Å². The summed E-state index contributed by atoms with van der Waals surface area (Å²) < 4.78 is 3.70. The van der Waals surface area contributed by atoms with Crippen molar-refractivity contribution in [1.29, 1.82) is 0 Å². The Kier molecular flexibility index (Phi) is 2.28. The van der Waals surface area contributed by atoms with Crippen LogP contribution in [0.2, 0.25) is 0 Å². The van der Waals surface area contributed by atoms with Crippen LogP contribution in [0, 0.1) is 0 Å². The molecule has 0 spiro atoms. The largest absolute Gasteiger partial charge is 0.268 e. The number of nitrogens with zero attached hydrogens (tertiary/aromatic N) is 2. The molecule has 19 heavy (non-hydrogen) atoms. The maximum absolute atomic E-state index is 12.6. The Morgan fingerprint density at radius 1 is 1.16 bits per heavy atom. The molecule has 0 amide bonds. The van der Waals surface area contributed by atoms with Crippen molar-refractivity contribution in [2.75, 3.05) is 0 Å². The van der Waals surface area contributed by atoms with Crippen LogP contribution in [0.15, 0.2) is 51.7 Å². The van der Waals surface area contributed by atoms with E-state index in [-0.39, 0.29) is 5.56 Å². The predicted molar refractivity (Wildman–Crippen MR) is 82.1 cm³/mol. The van der Waals surface area contributed by atoms with Gasteiger partial charge in [-0.15, -0.1) is 0 Å². The van der Waals surface area contributed by atoms with Gasteiger partial charge < -0.3 is 0 Å². The van der Waals surface area contributed by atoms with Crippen molar-refractivity contribution >= 4 is 53.3 Å². The van der Waals surface area contributed by atoms with E-state index in [9.17, 15) is 4.79 Å². The van der Waals surface area contributed by atoms with E-state index in [4.69, 9.17) is 0 Å². The van der Waals surface area contributed by atoms with Gasteiger partial charge in [0.1, 0.15) is 0 Å². The van der Waals surface area contributed by atoms with Crippen LogP contribution in [0.1, 0.15) is 0 Å². The molecule has 0 saturated carbocycles. The van der Waals surface area contributed by atoms with Crippen molar-refractivity contribution in [2.45, 2.75) is 0 Å². The Balaban J connectivity index is 2.35. The molecule has 3 nitrogen and oxygen atoms in total. The number of aromatic nitrogens is 2. The first kappa shape index (κ1) is 11.1. The third-order valence-electron chi connectivity index (χ3n) is 3.11. The fourth-order valence-electron chi connectivity index (χ4n) is 2.24. The topological polar surface area (TPSA) is 34.4 Å². The molecule has 0 bridgehead atoms. The first-order valence-corrected chi connectivity index (χ1v) is 7.34. The van der Waals surface area contributed by atoms with Crippen LogP contribution >= 0.6 is 27.3 Å². The molecule has 0 N–H and O–H groups in total. The molecule has 0 unspecified atom stereocenters. The lowest BCUT2D eigenvalue weighted by molar-refractivity contribution is 1.16. The van der Waals surface area contributed by atoms with Gasteiger partial charge in [-0.05, 0) is 30.3 Å². The summed E-state index contributed by atoms with van der Waals surface area (Å²) in [7, 11) is 0. The highest BCUT2D eigenvalue weighted by atomic mass is 79.9. The molecule has 2 heterocycles. The van der Waals surface area contributed by atoms with Crippen LogP contribution in [0.5, 0.6) is 0 Å². The fraction of sp³-hybridized carbons (Fsp3) is 0. The van der Waals surface area contributed by atoms with Gasteiger partial charge in [-0.25, -0.2) is 4.98 Å². The van der Waals surface area contributed by atoms with E-state index in [2.05, 4.69) is 20.9 Å². The maximum atomic E-state index is 12.6. The van der Waals surface area contributed by atoms with Gasteiger partial charge in [-0.2, -0.15) is 0 Å². The number of hydrogen-bond donors (Lipinski definition) is 0. The maximum Gasteiger partial charge on any atom is 0.266 e. The zero-order valence-electron chi connectivity index (χ0n) is 9.63. The second-order valence-electron chi connectivity index (χ2n) is 4.27. The van der Waals surface area contributed by atoms with Crippen LogP contribution < -0.4 is 5.56 Å². The Bertz CT molecular complexity index is 1000. The molecule has 0 fully saturated rings. The highest BCUT2D eigenvalue weighted by Gasteiger charge is 2.11. The van der Waals surface area contributed by atoms with E-state index in [1.807, 2.05) is 42.5 Å². The molecule has 4 aromatic rings. The first-order chi connectivity index (χ1) is 9.24. The zero-order valence-corrected chi connectivity index (χ0v) is 12.0. The van der Waals surface area contributed by atoms with Crippen LogP contribution in [0.25, 0.3) is 26.1 Å². The Morgan fingerprint density at radius 2 is 2.00 bits per heavy atom. The summed E-state index contributed by atoms with van der Waals surface area (Å²) in [6.45, 7) is 0. The lowest BCUT2D eigenvalue weighted by Gasteiger charge is -1.99. The van der Waals surface area contributed by atoms with E-state index in [1.165, 1.54) is 11.3 Å². The fourth-order valence-corrected chi connectivity index (χ4v) is 3.60. The lowest BCUT2D eigenvalue weighted by atomic mass is 10.2. The van der Waals surface area contributed by atoms with Gasteiger partial charge in [0, 0.05) is 4.47 Å². The van der Waals surface area contributed by atoms with E-state index < -0.39 is 0 Å². The highest BCUT2D eigenvalue weighted by molar-refractivity contribution is 9.10. The standard InChI is InChI=1S/C14H7BrN2OS/c15-8-5-6-12-11(7-8)17-13(18)9-3-1-2-4-10(9)16-14(17)19-12/h1-7H. The van der Waals surface area contributed by atoms with E-state index >= 15 is 0 Å². The number of rotatable bonds is 0. The van der Waals surface area contributed by atoms with Gasteiger partial charge in [0.05, 0.1) is 21.1 Å². The van der Waals surface area contributed by atoms with Crippen molar-refractivity contribution in [3.8, 4) is 0 Å². The summed E-state index contributed by atoms with van der Waals surface area (Å²) >= 11 is 4.98. The summed E-state index contributed by atoms with van der Waals surface area (Å²) in [5.74, 6) is 0. The number of benzene rings is 2.